The van der Waals surface area contributed by atoms with E-state index in [0.717, 1.165) is 61.4 Å². The molecular weight excluding hydrogens is 484 g/mol. The van der Waals surface area contributed by atoms with Gasteiger partial charge >= 0.3 is 0 Å². The highest BCUT2D eigenvalue weighted by Gasteiger charge is 2.25. The molecule has 1 aromatic carbocycles. The zero-order valence-electron chi connectivity index (χ0n) is 22.1. The third-order valence-electron chi connectivity index (χ3n) is 6.39. The van der Waals surface area contributed by atoms with Crippen LogP contribution >= 0.6 is 0 Å². The Kier molecular flexibility index (Phi) is 10.1. The third kappa shape index (κ3) is 6.41. The molecule has 1 aromatic heterocycles. The first-order chi connectivity index (χ1) is 18.5. The van der Waals surface area contributed by atoms with Gasteiger partial charge in [-0.3, -0.25) is 0 Å². The van der Waals surface area contributed by atoms with Gasteiger partial charge in [-0.05, 0) is 87.9 Å². The molecule has 38 heavy (non-hydrogen) atoms. The number of benzene rings is 1. The Morgan fingerprint density at radius 1 is 1.18 bits per heavy atom. The van der Waals surface area contributed by atoms with Gasteiger partial charge in [-0.25, -0.2) is 19.0 Å². The quantitative estimate of drug-likeness (QED) is 0.359. The summed E-state index contributed by atoms with van der Waals surface area (Å²) in [6, 6.07) is 5.66. The van der Waals surface area contributed by atoms with Gasteiger partial charge in [0.25, 0.3) is 0 Å². The normalized spacial score (nSPS) is 15.3. The number of hydrogen-bond acceptors (Lipinski definition) is 6. The molecule has 1 aliphatic heterocycles. The van der Waals surface area contributed by atoms with Gasteiger partial charge in [0, 0.05) is 19.7 Å². The van der Waals surface area contributed by atoms with Crippen molar-refractivity contribution in [1.82, 2.24) is 15.2 Å². The van der Waals surface area contributed by atoms with Crippen molar-refractivity contribution < 1.29 is 13.5 Å². The second kappa shape index (κ2) is 13.4. The Hall–Kier alpha value is -4.12. The molecule has 1 saturated carbocycles. The minimum absolute atomic E-state index is 0.0117. The smallest absolute Gasteiger partial charge is 0.177 e. The number of piperidine rings is 1. The summed E-state index contributed by atoms with van der Waals surface area (Å²) in [5.41, 5.74) is 11.0. The van der Waals surface area contributed by atoms with E-state index in [1.165, 1.54) is 24.6 Å². The number of nitriles is 1. The molecule has 0 amide bonds. The topological polar surface area (TPSA) is 87.2 Å². The average Bonchev–Trinajstić information content (AvgIpc) is 3.78. The fourth-order valence-electron chi connectivity index (χ4n) is 4.48. The number of likely N-dealkylation sites (tertiary alicyclic amines) is 1. The molecule has 0 unspecified atom stereocenters. The van der Waals surface area contributed by atoms with E-state index in [4.69, 9.17) is 15.7 Å². The number of nitrogens with one attached hydrogen (secondary N) is 1. The van der Waals surface area contributed by atoms with Gasteiger partial charge in [-0.1, -0.05) is 12.7 Å². The van der Waals surface area contributed by atoms with Crippen LogP contribution in [0.4, 0.5) is 14.5 Å². The minimum Gasteiger partial charge on any atom is -0.491 e. The molecule has 4 rings (SSSR count). The van der Waals surface area contributed by atoms with Gasteiger partial charge < -0.3 is 20.7 Å². The van der Waals surface area contributed by atoms with Crippen LogP contribution in [0.1, 0.15) is 51.6 Å². The Morgan fingerprint density at radius 3 is 2.50 bits per heavy atom. The fourth-order valence-corrected chi connectivity index (χ4v) is 4.48. The monoisotopic (exact) mass is 519 g/mol. The van der Waals surface area contributed by atoms with Crippen LogP contribution in [0.3, 0.4) is 0 Å². The Balaban J connectivity index is 0.00000195. The number of nitrogen functional groups attached to an aromatic ring is 1. The first-order valence-corrected chi connectivity index (χ1v) is 12.9. The molecule has 1 saturated heterocycles. The van der Waals surface area contributed by atoms with Gasteiger partial charge in [0.1, 0.15) is 11.5 Å². The van der Waals surface area contributed by atoms with E-state index in [2.05, 4.69) is 34.4 Å². The SMILES string of the molecule is C#N.C=C/C(NC(=C1CC1)c1nc(-c2c(F)ccc(OCC)c2F)ccc1N)=C(\C=C/C)N1CCCCC1. The summed E-state index contributed by atoms with van der Waals surface area (Å²) in [6.07, 6.45) is 11.2. The van der Waals surface area contributed by atoms with Crippen LogP contribution in [0.25, 0.3) is 17.0 Å². The number of allylic oxidation sites excluding steroid dienone is 4. The molecule has 6 nitrogen and oxygen atoms in total. The largest absolute Gasteiger partial charge is 0.491 e. The lowest BCUT2D eigenvalue weighted by Crippen LogP contribution is -2.31. The van der Waals surface area contributed by atoms with Crippen LogP contribution in [0.2, 0.25) is 0 Å². The summed E-state index contributed by atoms with van der Waals surface area (Å²) >= 11 is 0. The number of halogens is 2. The van der Waals surface area contributed by atoms with Crippen LogP contribution in [0.5, 0.6) is 5.75 Å². The van der Waals surface area contributed by atoms with Crippen molar-refractivity contribution in [1.29, 1.82) is 5.26 Å². The summed E-state index contributed by atoms with van der Waals surface area (Å²) in [5.74, 6) is -1.50. The van der Waals surface area contributed by atoms with E-state index in [9.17, 15) is 4.39 Å². The average molecular weight is 520 g/mol. The van der Waals surface area contributed by atoms with Crippen LogP contribution in [-0.2, 0) is 0 Å². The molecule has 1 aliphatic carbocycles. The van der Waals surface area contributed by atoms with E-state index in [-0.39, 0.29) is 23.6 Å². The fraction of sp³-hybridized carbons (Fsp3) is 0.333. The molecule has 3 N–H and O–H groups in total. The number of anilines is 1. The Labute approximate surface area is 223 Å². The van der Waals surface area contributed by atoms with Gasteiger partial charge in [0.2, 0.25) is 0 Å². The lowest BCUT2D eigenvalue weighted by molar-refractivity contribution is 0.290. The number of aromatic nitrogens is 1. The molecule has 0 bridgehead atoms. The predicted octanol–water partition coefficient (Wildman–Crippen LogP) is 6.70. The summed E-state index contributed by atoms with van der Waals surface area (Å²) in [7, 11) is 0. The summed E-state index contributed by atoms with van der Waals surface area (Å²) in [6.45, 7) is 13.5. The molecule has 2 aromatic rings. The van der Waals surface area contributed by atoms with Crippen LogP contribution in [0.15, 0.2) is 66.0 Å². The van der Waals surface area contributed by atoms with Crippen molar-refractivity contribution in [2.75, 3.05) is 25.4 Å². The number of pyridine rings is 1. The highest BCUT2D eigenvalue weighted by molar-refractivity contribution is 5.79. The Bertz CT molecular complexity index is 1270. The second-order valence-corrected chi connectivity index (χ2v) is 8.96. The van der Waals surface area contributed by atoms with Crippen molar-refractivity contribution >= 4 is 11.4 Å². The van der Waals surface area contributed by atoms with Gasteiger partial charge in [0.15, 0.2) is 11.6 Å². The number of ether oxygens (including phenoxy) is 1. The molecular formula is C30H35F2N5O. The molecule has 8 heteroatoms. The molecule has 2 aliphatic rings. The lowest BCUT2D eigenvalue weighted by Gasteiger charge is -2.31. The molecule has 0 spiro atoms. The Morgan fingerprint density at radius 2 is 1.89 bits per heavy atom. The first kappa shape index (κ1) is 28.5. The zero-order chi connectivity index (χ0) is 27.7. The zero-order valence-corrected chi connectivity index (χ0v) is 22.1. The summed E-state index contributed by atoms with van der Waals surface area (Å²) in [4.78, 5) is 7.02. The van der Waals surface area contributed by atoms with Crippen LogP contribution < -0.4 is 15.8 Å². The molecule has 2 fully saturated rings. The summed E-state index contributed by atoms with van der Waals surface area (Å²) < 4.78 is 35.3. The van der Waals surface area contributed by atoms with E-state index in [1.54, 1.807) is 19.1 Å². The van der Waals surface area contributed by atoms with Crippen molar-refractivity contribution in [3.63, 3.8) is 0 Å². The van der Waals surface area contributed by atoms with Gasteiger partial charge in [-0.15, -0.1) is 0 Å². The highest BCUT2D eigenvalue weighted by Crippen LogP contribution is 2.39. The van der Waals surface area contributed by atoms with E-state index < -0.39 is 11.6 Å². The summed E-state index contributed by atoms with van der Waals surface area (Å²) in [5, 5.41) is 10.0. The van der Waals surface area contributed by atoms with Crippen molar-refractivity contribution in [2.45, 2.75) is 46.0 Å². The van der Waals surface area contributed by atoms with Gasteiger partial charge in [-0.2, -0.15) is 0 Å². The number of hydrogen-bond donors (Lipinski definition) is 2. The minimum atomic E-state index is -0.777. The highest BCUT2D eigenvalue weighted by atomic mass is 19.1. The standard InChI is InChI=1S/C29H34F2N4O.CHN/c1-4-10-24(35-17-8-7-9-18-35)22(5-2)33-28(19-11-12-19)29-21(32)14-15-23(34-29)26-20(30)13-16-25(27(26)31)36-6-3;1-2/h4-5,10,13-16,33H,2,6-9,11-12,17-18,32H2,1,3H3;1H/b10-4-,24-22-;. The van der Waals surface area contributed by atoms with E-state index in [0.29, 0.717) is 11.4 Å². The maximum Gasteiger partial charge on any atom is 0.177 e. The van der Waals surface area contributed by atoms with Crippen LogP contribution in [0, 0.1) is 23.5 Å². The second-order valence-electron chi connectivity index (χ2n) is 8.96. The maximum atomic E-state index is 15.2. The third-order valence-corrected chi connectivity index (χ3v) is 6.39. The van der Waals surface area contributed by atoms with Crippen molar-refractivity contribution in [3.8, 4) is 23.6 Å². The number of rotatable bonds is 9. The first-order valence-electron chi connectivity index (χ1n) is 12.9. The molecule has 2 heterocycles. The number of nitrogens with zero attached hydrogens (tertiary/aromatic N) is 3. The predicted molar refractivity (Wildman–Crippen MR) is 149 cm³/mol. The molecule has 0 radical (unpaired) electrons. The van der Waals surface area contributed by atoms with Crippen LogP contribution in [-0.4, -0.2) is 29.6 Å². The van der Waals surface area contributed by atoms with Crippen molar-refractivity contribution in [2.24, 2.45) is 0 Å². The molecule has 200 valence electrons. The lowest BCUT2D eigenvalue weighted by atomic mass is 10.1. The van der Waals surface area contributed by atoms with Gasteiger partial charge in [0.05, 0.1) is 40.6 Å². The maximum absolute atomic E-state index is 15.2. The number of nitrogens with two attached hydrogens (primary N) is 1. The van der Waals surface area contributed by atoms with Crippen molar-refractivity contribution in [3.05, 3.63) is 83.4 Å². The molecule has 0 atom stereocenters. The van der Waals surface area contributed by atoms with E-state index >= 15 is 4.39 Å². The van der Waals surface area contributed by atoms with E-state index in [1.807, 2.05) is 13.0 Å².